The molecule has 0 bridgehead atoms. The molecule has 48 heavy (non-hydrogen) atoms. The highest BCUT2D eigenvalue weighted by atomic mass is 19.4. The fourth-order valence-electron chi connectivity index (χ4n) is 4.39. The van der Waals surface area contributed by atoms with E-state index in [1.54, 1.807) is 0 Å². The average Bonchev–Trinajstić information content (AvgIpc) is 3.73. The lowest BCUT2D eigenvalue weighted by Gasteiger charge is -2.11. The highest BCUT2D eigenvalue weighted by molar-refractivity contribution is 6.12. The Hall–Kier alpha value is -6.72. The Kier molecular flexibility index (Phi) is 8.47. The Bertz CT molecular complexity index is 2140. The molecule has 3 heterocycles. The largest absolute Gasteiger partial charge is 0.436 e. The number of nitrogens with zero attached hydrogens (tertiary/aromatic N) is 8. The zero-order chi connectivity index (χ0) is 36.0. The molecule has 3 aromatic rings. The molecule has 0 aliphatic heterocycles. The Labute approximate surface area is 257 Å². The topological polar surface area (TPSA) is 158 Å². The molecule has 4 rings (SSSR count). The highest BCUT2D eigenvalue weighted by Crippen LogP contribution is 2.57. The van der Waals surface area contributed by atoms with Gasteiger partial charge >= 0.3 is 12.4 Å². The first-order valence-electron chi connectivity index (χ1n) is 11.9. The number of alkyl halides is 6. The van der Waals surface area contributed by atoms with Crippen LogP contribution in [-0.4, -0.2) is 15.0 Å². The van der Waals surface area contributed by atoms with Gasteiger partial charge in [0.1, 0.15) is 30.3 Å². The lowest BCUT2D eigenvalue weighted by atomic mass is 9.96. The summed E-state index contributed by atoms with van der Waals surface area (Å²) in [6, 6.07) is 6.27. The van der Waals surface area contributed by atoms with E-state index in [4.69, 9.17) is 0 Å². The van der Waals surface area contributed by atoms with Crippen molar-refractivity contribution in [3.05, 3.63) is 103 Å². The molecule has 0 atom stereocenters. The lowest BCUT2D eigenvalue weighted by molar-refractivity contribution is -0.145. The van der Waals surface area contributed by atoms with E-state index in [0.29, 0.717) is 0 Å². The third-order valence-corrected chi connectivity index (χ3v) is 6.32. The molecule has 1 saturated carbocycles. The minimum Gasteiger partial charge on any atom is -0.262 e. The number of nitriles is 5. The van der Waals surface area contributed by atoms with Gasteiger partial charge in [-0.2, -0.15) is 61.4 Å². The number of halogens is 12. The predicted molar refractivity (Wildman–Crippen MR) is 129 cm³/mol. The summed E-state index contributed by atoms with van der Waals surface area (Å²) in [6.45, 7) is 0. The second-order valence-electron chi connectivity index (χ2n) is 8.92. The van der Waals surface area contributed by atoms with Crippen molar-refractivity contribution >= 4 is 16.7 Å². The molecule has 1 aliphatic rings. The van der Waals surface area contributed by atoms with Crippen molar-refractivity contribution in [2.75, 3.05) is 0 Å². The zero-order valence-corrected chi connectivity index (χ0v) is 22.3. The van der Waals surface area contributed by atoms with Gasteiger partial charge in [-0.3, -0.25) is 4.98 Å². The number of hydrogen-bond donors (Lipinski definition) is 0. The Morgan fingerprint density at radius 3 is 1.08 bits per heavy atom. The monoisotopic (exact) mass is 678 g/mol. The van der Waals surface area contributed by atoms with Crippen LogP contribution in [0.15, 0.2) is 29.1 Å². The van der Waals surface area contributed by atoms with Crippen molar-refractivity contribution in [3.63, 3.8) is 0 Å². The van der Waals surface area contributed by atoms with E-state index < -0.39 is 120 Å². The normalized spacial score (nSPS) is 15.7. The minimum atomic E-state index is -5.86. The summed E-state index contributed by atoms with van der Waals surface area (Å²) >= 11 is 0. The van der Waals surface area contributed by atoms with Gasteiger partial charge < -0.3 is 0 Å². The molecule has 20 heteroatoms. The predicted octanol–water partition coefficient (Wildman–Crippen LogP) is 6.73. The van der Waals surface area contributed by atoms with Gasteiger partial charge in [0.05, 0.1) is 39.0 Å². The van der Waals surface area contributed by atoms with Gasteiger partial charge in [0.15, 0.2) is 34.7 Å². The molecule has 0 unspecified atom stereocenters. The Morgan fingerprint density at radius 1 is 0.500 bits per heavy atom. The van der Waals surface area contributed by atoms with Crippen molar-refractivity contribution in [2.24, 2.45) is 0 Å². The number of pyridine rings is 3. The van der Waals surface area contributed by atoms with Crippen molar-refractivity contribution in [1.29, 1.82) is 26.3 Å². The minimum absolute atomic E-state index is 0.668. The van der Waals surface area contributed by atoms with Crippen LogP contribution < -0.4 is 0 Å². The molecule has 3 aromatic heterocycles. The van der Waals surface area contributed by atoms with Gasteiger partial charge in [0, 0.05) is 34.7 Å². The van der Waals surface area contributed by atoms with E-state index in [1.807, 2.05) is 0 Å². The van der Waals surface area contributed by atoms with Crippen LogP contribution in [0.2, 0.25) is 0 Å². The van der Waals surface area contributed by atoms with Gasteiger partial charge in [-0.05, 0) is 0 Å². The summed E-state index contributed by atoms with van der Waals surface area (Å²) in [6.07, 6.45) is -10.3. The van der Waals surface area contributed by atoms with Crippen molar-refractivity contribution in [3.8, 4) is 30.3 Å². The number of allylic oxidation sites excluding steroid dienone is 6. The van der Waals surface area contributed by atoms with Gasteiger partial charge in [0.25, 0.3) is 0 Å². The Morgan fingerprint density at radius 2 is 0.812 bits per heavy atom. The van der Waals surface area contributed by atoms with E-state index in [9.17, 15) is 70.2 Å². The van der Waals surface area contributed by atoms with Gasteiger partial charge in [0.2, 0.25) is 11.9 Å². The van der Waals surface area contributed by atoms with Crippen LogP contribution in [0.4, 0.5) is 52.7 Å². The Balaban J connectivity index is 2.37. The van der Waals surface area contributed by atoms with E-state index in [0.717, 1.165) is 24.5 Å². The van der Waals surface area contributed by atoms with Crippen LogP contribution in [0.25, 0.3) is 16.7 Å². The van der Waals surface area contributed by atoms with Crippen LogP contribution in [0.5, 0.6) is 0 Å². The van der Waals surface area contributed by atoms with Gasteiger partial charge in [-0.25, -0.2) is 27.5 Å². The van der Waals surface area contributed by atoms with Gasteiger partial charge in [-0.15, -0.1) is 0 Å². The fourth-order valence-corrected chi connectivity index (χ4v) is 4.39. The summed E-state index contributed by atoms with van der Waals surface area (Å²) in [5, 5.41) is 48.8. The van der Waals surface area contributed by atoms with E-state index in [2.05, 4.69) is 15.0 Å². The zero-order valence-electron chi connectivity index (χ0n) is 22.3. The molecular weight excluding hydrogens is 676 g/mol. The van der Waals surface area contributed by atoms with Crippen LogP contribution in [-0.2, 0) is 12.4 Å². The van der Waals surface area contributed by atoms with Crippen LogP contribution >= 0.6 is 0 Å². The standard InChI is InChI=1S/C28H2F12N8/c29-19-17(21(31)25(33)47-23(19)27(35,36)37)11(4-44)15-14(10(3-43)13-8(1-41)6-46-7-9(13)2-42)16(15)12(5-45)18-20(30)24(28(38,39)40)48-26(34)22(18)32/h6-7H/b14-10-,15-11?,16-12-. The number of aromatic nitrogens is 3. The molecule has 0 saturated heterocycles. The van der Waals surface area contributed by atoms with Crippen molar-refractivity contribution in [2.45, 2.75) is 12.4 Å². The molecule has 0 N–H and O–H groups in total. The smallest absolute Gasteiger partial charge is 0.262 e. The molecule has 0 radical (unpaired) electrons. The quantitative estimate of drug-likeness (QED) is 0.168. The van der Waals surface area contributed by atoms with E-state index >= 15 is 8.78 Å². The fraction of sp³-hybridized carbons (Fsp3) is 0.0714. The van der Waals surface area contributed by atoms with Gasteiger partial charge in [-0.1, -0.05) is 0 Å². The molecule has 0 amide bonds. The first-order valence-corrected chi connectivity index (χ1v) is 11.9. The molecule has 0 aromatic carbocycles. The third kappa shape index (κ3) is 5.40. The maximum absolute atomic E-state index is 15.2. The molecule has 1 fully saturated rings. The average molecular weight is 678 g/mol. The first-order chi connectivity index (χ1) is 22.4. The summed E-state index contributed by atoms with van der Waals surface area (Å²) in [7, 11) is 0. The molecule has 238 valence electrons. The lowest BCUT2D eigenvalue weighted by Crippen LogP contribution is -2.16. The number of hydrogen-bond acceptors (Lipinski definition) is 8. The SMILES string of the molecule is N#CC(=C1C(=C(\C#N)c2c(C#N)cncc2C#N)/C1=C(\C#N)c1c(F)c(F)nc(C(F)(F)F)c1F)c1c(F)c(F)nc(C(F)(F)F)c1F. The van der Waals surface area contributed by atoms with E-state index in [1.165, 1.54) is 18.2 Å². The van der Waals surface area contributed by atoms with Crippen molar-refractivity contribution in [1.82, 2.24) is 15.0 Å². The molecule has 1 aliphatic carbocycles. The molecule has 0 spiro atoms. The number of rotatable bonds is 3. The highest BCUT2D eigenvalue weighted by Gasteiger charge is 2.48. The van der Waals surface area contributed by atoms with Crippen LogP contribution in [0.3, 0.4) is 0 Å². The van der Waals surface area contributed by atoms with Crippen molar-refractivity contribution < 1.29 is 52.7 Å². The maximum Gasteiger partial charge on any atom is 0.436 e. The second kappa shape index (κ2) is 11.9. The summed E-state index contributed by atoms with van der Waals surface area (Å²) < 4.78 is 169. The second-order valence-corrected chi connectivity index (χ2v) is 8.92. The summed E-state index contributed by atoms with van der Waals surface area (Å²) in [4.78, 5) is 7.76. The first kappa shape index (κ1) is 34.2. The third-order valence-electron chi connectivity index (χ3n) is 6.32. The van der Waals surface area contributed by atoms with Crippen LogP contribution in [0, 0.1) is 91.8 Å². The summed E-state index contributed by atoms with van der Waals surface area (Å²) in [5.41, 5.74) is -20.2. The maximum atomic E-state index is 15.2. The van der Waals surface area contributed by atoms with Crippen LogP contribution in [0.1, 0.15) is 39.2 Å². The molecular formula is C28H2F12N8. The summed E-state index contributed by atoms with van der Waals surface area (Å²) in [5.74, 6) is -16.0. The molecule has 8 nitrogen and oxygen atoms in total. The van der Waals surface area contributed by atoms with E-state index in [-0.39, 0.29) is 0 Å².